The second kappa shape index (κ2) is 4.82. The second-order valence-electron chi connectivity index (χ2n) is 3.91. The minimum absolute atomic E-state index is 0.330. The summed E-state index contributed by atoms with van der Waals surface area (Å²) in [5, 5.41) is 0. The standard InChI is InChI=1S/C13H15N3O/c1-9-4-3-5-10(2)13(9)17-8-12-15-7-6-11(14)16-12/h3-7H,8H2,1-2H3,(H2,14,15,16). The Balaban J connectivity index is 2.13. The molecule has 0 aliphatic heterocycles. The van der Waals surface area contributed by atoms with Gasteiger partial charge in [-0.2, -0.15) is 0 Å². The summed E-state index contributed by atoms with van der Waals surface area (Å²) in [4.78, 5) is 8.19. The Kier molecular flexibility index (Phi) is 3.23. The third-order valence-electron chi connectivity index (χ3n) is 2.48. The fourth-order valence-corrected chi connectivity index (χ4v) is 1.65. The van der Waals surface area contributed by atoms with E-state index in [1.165, 1.54) is 0 Å². The van der Waals surface area contributed by atoms with Gasteiger partial charge in [-0.25, -0.2) is 9.97 Å². The van der Waals surface area contributed by atoms with Crippen molar-refractivity contribution in [2.24, 2.45) is 0 Å². The third-order valence-corrected chi connectivity index (χ3v) is 2.48. The molecule has 0 radical (unpaired) electrons. The molecule has 1 heterocycles. The highest BCUT2D eigenvalue weighted by molar-refractivity contribution is 5.39. The Labute approximate surface area is 100 Å². The number of anilines is 1. The molecule has 4 nitrogen and oxygen atoms in total. The van der Waals surface area contributed by atoms with Crippen LogP contribution >= 0.6 is 0 Å². The van der Waals surface area contributed by atoms with Gasteiger partial charge < -0.3 is 10.5 Å². The lowest BCUT2D eigenvalue weighted by Crippen LogP contribution is -2.04. The van der Waals surface area contributed by atoms with Gasteiger partial charge in [0, 0.05) is 6.20 Å². The van der Waals surface area contributed by atoms with E-state index in [9.17, 15) is 0 Å². The van der Waals surface area contributed by atoms with Gasteiger partial charge in [-0.1, -0.05) is 18.2 Å². The molecular weight excluding hydrogens is 214 g/mol. The van der Waals surface area contributed by atoms with Crippen LogP contribution in [0.4, 0.5) is 5.82 Å². The third kappa shape index (κ3) is 2.72. The van der Waals surface area contributed by atoms with Crippen molar-refractivity contribution in [3.8, 4) is 5.75 Å². The summed E-state index contributed by atoms with van der Waals surface area (Å²) in [6.45, 7) is 4.36. The number of nitrogen functional groups attached to an aromatic ring is 1. The molecule has 1 aromatic heterocycles. The predicted octanol–water partition coefficient (Wildman–Crippen LogP) is 2.25. The van der Waals surface area contributed by atoms with Gasteiger partial charge >= 0.3 is 0 Å². The molecule has 0 saturated heterocycles. The van der Waals surface area contributed by atoms with Crippen molar-refractivity contribution in [3.63, 3.8) is 0 Å². The summed E-state index contributed by atoms with van der Waals surface area (Å²) in [5.41, 5.74) is 7.79. The van der Waals surface area contributed by atoms with Crippen LogP contribution in [-0.2, 0) is 6.61 Å². The van der Waals surface area contributed by atoms with E-state index in [1.54, 1.807) is 12.3 Å². The summed E-state index contributed by atoms with van der Waals surface area (Å²) < 4.78 is 5.73. The van der Waals surface area contributed by atoms with Gasteiger partial charge in [0.25, 0.3) is 0 Å². The number of ether oxygens (including phenoxy) is 1. The molecule has 0 aliphatic carbocycles. The normalized spacial score (nSPS) is 10.2. The Morgan fingerprint density at radius 2 is 1.88 bits per heavy atom. The summed E-state index contributed by atoms with van der Waals surface area (Å²) >= 11 is 0. The zero-order valence-corrected chi connectivity index (χ0v) is 9.97. The van der Waals surface area contributed by atoms with Crippen molar-refractivity contribution in [1.82, 2.24) is 9.97 Å². The molecule has 0 atom stereocenters. The summed E-state index contributed by atoms with van der Waals surface area (Å²) in [6.07, 6.45) is 1.63. The SMILES string of the molecule is Cc1cccc(C)c1OCc1nccc(N)n1. The number of aryl methyl sites for hydroxylation is 2. The molecule has 0 saturated carbocycles. The van der Waals surface area contributed by atoms with E-state index in [1.807, 2.05) is 32.0 Å². The van der Waals surface area contributed by atoms with Gasteiger partial charge in [0.05, 0.1) is 0 Å². The first-order chi connectivity index (χ1) is 8.16. The number of nitrogens with zero attached hydrogens (tertiary/aromatic N) is 2. The number of hydrogen-bond acceptors (Lipinski definition) is 4. The van der Waals surface area contributed by atoms with Crippen molar-refractivity contribution < 1.29 is 4.74 Å². The van der Waals surface area contributed by atoms with Crippen LogP contribution in [0, 0.1) is 13.8 Å². The highest BCUT2D eigenvalue weighted by Gasteiger charge is 2.04. The summed E-state index contributed by atoms with van der Waals surface area (Å²) in [5.74, 6) is 1.94. The second-order valence-corrected chi connectivity index (χ2v) is 3.91. The van der Waals surface area contributed by atoms with Crippen LogP contribution in [0.1, 0.15) is 17.0 Å². The molecule has 2 aromatic rings. The van der Waals surface area contributed by atoms with E-state index in [4.69, 9.17) is 10.5 Å². The van der Waals surface area contributed by atoms with Crippen molar-refractivity contribution >= 4 is 5.82 Å². The van der Waals surface area contributed by atoms with E-state index in [-0.39, 0.29) is 0 Å². The monoisotopic (exact) mass is 229 g/mol. The molecular formula is C13H15N3O. The van der Waals surface area contributed by atoms with Crippen LogP contribution in [-0.4, -0.2) is 9.97 Å². The number of para-hydroxylation sites is 1. The van der Waals surface area contributed by atoms with Crippen LogP contribution in [0.25, 0.3) is 0 Å². The summed E-state index contributed by atoms with van der Waals surface area (Å²) in [7, 11) is 0. The molecule has 1 aromatic carbocycles. The quantitative estimate of drug-likeness (QED) is 0.876. The van der Waals surface area contributed by atoms with E-state index in [0.717, 1.165) is 16.9 Å². The number of benzene rings is 1. The molecule has 0 aliphatic rings. The fourth-order valence-electron chi connectivity index (χ4n) is 1.65. The topological polar surface area (TPSA) is 61.0 Å². The van der Waals surface area contributed by atoms with Gasteiger partial charge in [-0.05, 0) is 31.0 Å². The molecule has 0 fully saturated rings. The van der Waals surface area contributed by atoms with Gasteiger partial charge in [0.2, 0.25) is 0 Å². The Hall–Kier alpha value is -2.10. The maximum absolute atomic E-state index is 5.73. The van der Waals surface area contributed by atoms with Crippen LogP contribution in [0.5, 0.6) is 5.75 Å². The minimum atomic E-state index is 0.330. The lowest BCUT2D eigenvalue weighted by atomic mass is 10.1. The molecule has 2 rings (SSSR count). The highest BCUT2D eigenvalue weighted by atomic mass is 16.5. The maximum Gasteiger partial charge on any atom is 0.168 e. The predicted molar refractivity (Wildman–Crippen MR) is 66.7 cm³/mol. The van der Waals surface area contributed by atoms with Crippen LogP contribution in [0.2, 0.25) is 0 Å². The minimum Gasteiger partial charge on any atom is -0.485 e. The van der Waals surface area contributed by atoms with Crippen molar-refractivity contribution in [1.29, 1.82) is 0 Å². The van der Waals surface area contributed by atoms with Crippen LogP contribution in [0.15, 0.2) is 30.5 Å². The molecule has 0 amide bonds. The zero-order chi connectivity index (χ0) is 12.3. The number of nitrogens with two attached hydrogens (primary N) is 1. The lowest BCUT2D eigenvalue weighted by Gasteiger charge is -2.11. The van der Waals surface area contributed by atoms with Gasteiger partial charge in [-0.3, -0.25) is 0 Å². The molecule has 0 bridgehead atoms. The summed E-state index contributed by atoms with van der Waals surface area (Å²) in [6, 6.07) is 7.70. The lowest BCUT2D eigenvalue weighted by molar-refractivity contribution is 0.292. The van der Waals surface area contributed by atoms with Crippen molar-refractivity contribution in [3.05, 3.63) is 47.4 Å². The molecule has 17 heavy (non-hydrogen) atoms. The fraction of sp³-hybridized carbons (Fsp3) is 0.231. The van der Waals surface area contributed by atoms with Gasteiger partial charge in [0.15, 0.2) is 5.82 Å². The van der Waals surface area contributed by atoms with Gasteiger partial charge in [0.1, 0.15) is 18.2 Å². The number of rotatable bonds is 3. The maximum atomic E-state index is 5.73. The number of aromatic nitrogens is 2. The smallest absolute Gasteiger partial charge is 0.168 e. The van der Waals surface area contributed by atoms with E-state index in [2.05, 4.69) is 9.97 Å². The highest BCUT2D eigenvalue weighted by Crippen LogP contribution is 2.22. The Bertz CT molecular complexity index is 506. The molecule has 0 unspecified atom stereocenters. The average molecular weight is 229 g/mol. The largest absolute Gasteiger partial charge is 0.485 e. The first kappa shape index (κ1) is 11.4. The van der Waals surface area contributed by atoms with E-state index < -0.39 is 0 Å². The zero-order valence-electron chi connectivity index (χ0n) is 9.97. The van der Waals surface area contributed by atoms with E-state index >= 15 is 0 Å². The first-order valence-corrected chi connectivity index (χ1v) is 5.43. The first-order valence-electron chi connectivity index (χ1n) is 5.43. The molecule has 2 N–H and O–H groups in total. The van der Waals surface area contributed by atoms with Crippen LogP contribution in [0.3, 0.4) is 0 Å². The average Bonchev–Trinajstić information content (AvgIpc) is 2.28. The van der Waals surface area contributed by atoms with Gasteiger partial charge in [-0.15, -0.1) is 0 Å². The Morgan fingerprint density at radius 3 is 2.53 bits per heavy atom. The van der Waals surface area contributed by atoms with Crippen molar-refractivity contribution in [2.45, 2.75) is 20.5 Å². The number of hydrogen-bond donors (Lipinski definition) is 1. The van der Waals surface area contributed by atoms with Crippen molar-refractivity contribution in [2.75, 3.05) is 5.73 Å². The molecule has 4 heteroatoms. The Morgan fingerprint density at radius 1 is 1.18 bits per heavy atom. The van der Waals surface area contributed by atoms with Crippen LogP contribution < -0.4 is 10.5 Å². The molecule has 0 spiro atoms. The molecule has 88 valence electrons. The van der Waals surface area contributed by atoms with E-state index in [0.29, 0.717) is 18.2 Å².